The van der Waals surface area contributed by atoms with Gasteiger partial charge in [-0.05, 0) is 63.1 Å². The van der Waals surface area contributed by atoms with Crippen molar-refractivity contribution in [2.75, 3.05) is 12.3 Å². The maximum absolute atomic E-state index is 13.3. The second kappa shape index (κ2) is 15.0. The van der Waals surface area contributed by atoms with Gasteiger partial charge in [0.1, 0.15) is 24.9 Å². The van der Waals surface area contributed by atoms with E-state index in [2.05, 4.69) is 15.5 Å². The van der Waals surface area contributed by atoms with Gasteiger partial charge in [-0.25, -0.2) is 19.6 Å². The van der Waals surface area contributed by atoms with Crippen molar-refractivity contribution in [2.24, 2.45) is 5.16 Å². The van der Waals surface area contributed by atoms with Crippen LogP contribution in [-0.4, -0.2) is 73.1 Å². The molecule has 3 N–H and O–H groups in total. The topological polar surface area (TPSA) is 258 Å². The van der Waals surface area contributed by atoms with Gasteiger partial charge < -0.3 is 25.4 Å². The molecule has 50 heavy (non-hydrogen) atoms. The van der Waals surface area contributed by atoms with Crippen LogP contribution >= 0.6 is 11.3 Å². The van der Waals surface area contributed by atoms with Crippen LogP contribution in [0.15, 0.2) is 59.1 Å². The van der Waals surface area contributed by atoms with Crippen molar-refractivity contribution >= 4 is 57.3 Å². The van der Waals surface area contributed by atoms with Gasteiger partial charge in [0.25, 0.3) is 23.2 Å². The van der Waals surface area contributed by atoms with Crippen molar-refractivity contribution in [3.63, 3.8) is 0 Å². The average molecular weight is 714 g/mol. The molecule has 1 aliphatic rings. The van der Waals surface area contributed by atoms with E-state index in [1.165, 1.54) is 81.6 Å². The van der Waals surface area contributed by atoms with Crippen LogP contribution in [-0.2, 0) is 51.5 Å². The molecule has 1 aliphatic heterocycles. The zero-order chi connectivity index (χ0) is 36.8. The monoisotopic (exact) mass is 713 g/mol. The van der Waals surface area contributed by atoms with Gasteiger partial charge in [-0.1, -0.05) is 5.16 Å². The van der Waals surface area contributed by atoms with Crippen molar-refractivity contribution in [3.05, 3.63) is 91.0 Å². The van der Waals surface area contributed by atoms with Crippen LogP contribution in [0.5, 0.6) is 0 Å². The molecule has 2 heterocycles. The molecule has 3 aromatic rings. The summed E-state index contributed by atoms with van der Waals surface area (Å²) in [5, 5.41) is 30.4. The lowest BCUT2D eigenvalue weighted by molar-refractivity contribution is -0.385. The molecule has 4 rings (SSSR count). The van der Waals surface area contributed by atoms with E-state index in [4.69, 9.17) is 24.9 Å². The Kier molecular flexibility index (Phi) is 11.1. The van der Waals surface area contributed by atoms with Gasteiger partial charge in [0.15, 0.2) is 16.4 Å². The van der Waals surface area contributed by atoms with Gasteiger partial charge in [-0.2, -0.15) is 0 Å². The first kappa shape index (κ1) is 36.8. The number of thiazole rings is 1. The third-order valence-electron chi connectivity index (χ3n) is 6.90. The highest BCUT2D eigenvalue weighted by Crippen LogP contribution is 2.23. The van der Waals surface area contributed by atoms with E-state index in [0.29, 0.717) is 11.1 Å². The Hall–Kier alpha value is -6.02. The molecule has 1 atom stereocenters. The van der Waals surface area contributed by atoms with Gasteiger partial charge in [-0.15, -0.1) is 11.3 Å². The van der Waals surface area contributed by atoms with E-state index in [0.717, 1.165) is 16.4 Å². The number of nitro benzene ring substituents is 2. The Bertz CT molecular complexity index is 1820. The highest BCUT2D eigenvalue weighted by molar-refractivity contribution is 7.13. The number of nitro groups is 2. The van der Waals surface area contributed by atoms with Crippen LogP contribution in [0.3, 0.4) is 0 Å². The number of hydrogen-bond donors (Lipinski definition) is 2. The Morgan fingerprint density at radius 3 is 1.88 bits per heavy atom. The molecule has 1 aromatic heterocycles. The molecule has 20 heteroatoms. The number of aromatic nitrogens is 1. The van der Waals surface area contributed by atoms with Gasteiger partial charge in [-0.3, -0.25) is 34.7 Å². The number of nitrogens with one attached hydrogen (secondary N) is 1. The summed E-state index contributed by atoms with van der Waals surface area (Å²) >= 11 is 1.00. The molecular formula is C30H31N7O12S. The number of hydroxylamine groups is 2. The predicted molar refractivity (Wildman–Crippen MR) is 173 cm³/mol. The number of anilines is 1. The molecule has 0 bridgehead atoms. The van der Waals surface area contributed by atoms with Crippen molar-refractivity contribution in [2.45, 2.75) is 58.2 Å². The molecule has 264 valence electrons. The van der Waals surface area contributed by atoms with E-state index in [-0.39, 0.29) is 42.0 Å². The third kappa shape index (κ3) is 9.11. The summed E-state index contributed by atoms with van der Waals surface area (Å²) in [5.41, 5.74) is 2.71. The lowest BCUT2D eigenvalue weighted by Crippen LogP contribution is -2.66. The Balaban J connectivity index is 1.33. The standard InChI is InChI=1S/C30H31N7O12S/c1-29(2,26(40)46-14-17-5-9-19(10-6-17)36(42)43)48-34-23(22-16-50-28(31)33-22)24(38)32-21-13-35(25(21)39)49-30(3,4)27(41)47-15-18-7-11-20(12-8-18)37(44)45/h5-12,16,21H,13-15H2,1-4H3,(H2,31,33)(H,32,38)/b34-23-/t21-/m0/s1. The molecule has 0 aliphatic carbocycles. The smallest absolute Gasteiger partial charge is 0.353 e. The largest absolute Gasteiger partial charge is 0.459 e. The van der Waals surface area contributed by atoms with E-state index < -0.39 is 56.6 Å². The number of nitrogens with zero attached hydrogens (tertiary/aromatic N) is 5. The number of nitrogen functional groups attached to an aromatic ring is 1. The molecule has 0 saturated carbocycles. The second-order valence-electron chi connectivity index (χ2n) is 11.6. The highest BCUT2D eigenvalue weighted by atomic mass is 32.1. The SMILES string of the molecule is CC(C)(O/N=C(\C(=O)N[C@H]1CN(OC(C)(C)C(=O)OCc2ccc([N+](=O)[O-])cc2)C1=O)c1csc(N)n1)C(=O)OCc1ccc([N+](=O)[O-])cc1. The van der Waals surface area contributed by atoms with Crippen LogP contribution in [0.2, 0.25) is 0 Å². The molecule has 19 nitrogen and oxygen atoms in total. The quantitative estimate of drug-likeness (QED) is 0.0754. The van der Waals surface area contributed by atoms with Gasteiger partial charge in [0, 0.05) is 29.6 Å². The summed E-state index contributed by atoms with van der Waals surface area (Å²) in [5.74, 6) is -3.28. The number of amides is 2. The fraction of sp³-hybridized carbons (Fsp3) is 0.333. The maximum atomic E-state index is 13.3. The van der Waals surface area contributed by atoms with Crippen molar-refractivity contribution in [1.82, 2.24) is 15.4 Å². The molecule has 1 saturated heterocycles. The Labute approximate surface area is 287 Å². The predicted octanol–water partition coefficient (Wildman–Crippen LogP) is 2.57. The first-order valence-electron chi connectivity index (χ1n) is 14.6. The summed E-state index contributed by atoms with van der Waals surface area (Å²) in [6.07, 6.45) is 0. The third-order valence-corrected chi connectivity index (χ3v) is 7.57. The van der Waals surface area contributed by atoms with Crippen LogP contribution in [0.25, 0.3) is 0 Å². The summed E-state index contributed by atoms with van der Waals surface area (Å²) in [6.45, 7) is 4.84. The molecule has 0 unspecified atom stereocenters. The van der Waals surface area contributed by atoms with Crippen molar-refractivity contribution in [3.8, 4) is 0 Å². The van der Waals surface area contributed by atoms with Crippen molar-refractivity contribution in [1.29, 1.82) is 0 Å². The molecule has 0 spiro atoms. The number of β-lactam (4-membered cyclic amide) rings is 1. The van der Waals surface area contributed by atoms with E-state index in [9.17, 15) is 39.4 Å². The number of esters is 2. The second-order valence-corrected chi connectivity index (χ2v) is 12.5. The lowest BCUT2D eigenvalue weighted by atomic mass is 10.1. The molecule has 0 radical (unpaired) electrons. The first-order chi connectivity index (χ1) is 23.5. The Morgan fingerprint density at radius 1 is 0.940 bits per heavy atom. The van der Waals surface area contributed by atoms with E-state index in [1.807, 2.05) is 0 Å². The normalized spacial score (nSPS) is 14.7. The lowest BCUT2D eigenvalue weighted by Gasteiger charge is -2.40. The first-order valence-corrected chi connectivity index (χ1v) is 15.4. The molecule has 2 amide bonds. The number of ether oxygens (including phenoxy) is 2. The van der Waals surface area contributed by atoms with E-state index in [1.54, 1.807) is 0 Å². The van der Waals surface area contributed by atoms with Crippen LogP contribution in [0.4, 0.5) is 16.5 Å². The molecular weight excluding hydrogens is 682 g/mol. The minimum Gasteiger partial charge on any atom is -0.459 e. The number of rotatable bonds is 15. The zero-order valence-corrected chi connectivity index (χ0v) is 27.8. The minimum absolute atomic E-state index is 0.00294. The fourth-order valence-corrected chi connectivity index (χ4v) is 4.54. The van der Waals surface area contributed by atoms with Gasteiger partial charge in [0.2, 0.25) is 5.60 Å². The highest BCUT2D eigenvalue weighted by Gasteiger charge is 2.45. The minimum atomic E-state index is -1.72. The summed E-state index contributed by atoms with van der Waals surface area (Å²) in [4.78, 5) is 87.1. The van der Waals surface area contributed by atoms with Crippen LogP contribution in [0, 0.1) is 20.2 Å². The number of carbonyl (C=O) groups excluding carboxylic acids is 4. The summed E-state index contributed by atoms with van der Waals surface area (Å²) in [7, 11) is 0. The van der Waals surface area contributed by atoms with E-state index >= 15 is 0 Å². The fourth-order valence-electron chi connectivity index (χ4n) is 4.00. The number of non-ortho nitro benzene ring substituents is 2. The van der Waals surface area contributed by atoms with Crippen LogP contribution in [0.1, 0.15) is 44.5 Å². The Morgan fingerprint density at radius 2 is 1.44 bits per heavy atom. The number of nitrogens with two attached hydrogens (primary N) is 1. The summed E-state index contributed by atoms with van der Waals surface area (Å²) in [6, 6.07) is 9.71. The van der Waals surface area contributed by atoms with Gasteiger partial charge >= 0.3 is 11.9 Å². The number of benzene rings is 2. The van der Waals surface area contributed by atoms with Crippen molar-refractivity contribution < 1.29 is 48.2 Å². The average Bonchev–Trinajstić information content (AvgIpc) is 3.50. The summed E-state index contributed by atoms with van der Waals surface area (Å²) < 4.78 is 10.5. The maximum Gasteiger partial charge on any atom is 0.353 e. The molecule has 2 aromatic carbocycles. The number of carbonyl (C=O) groups is 4. The number of hydrogen-bond acceptors (Lipinski definition) is 16. The molecule has 1 fully saturated rings. The number of oxime groups is 1. The zero-order valence-electron chi connectivity index (χ0n) is 27.0. The van der Waals surface area contributed by atoms with Crippen LogP contribution < -0.4 is 11.1 Å². The van der Waals surface area contributed by atoms with Gasteiger partial charge in [0.05, 0.1) is 16.4 Å².